The number of hydrogen-bond acceptors (Lipinski definition) is 0. The Kier molecular flexibility index (Phi) is 4.50. The van der Waals surface area contributed by atoms with E-state index >= 15 is 0 Å². The van der Waals surface area contributed by atoms with E-state index in [0.717, 1.165) is 45.4 Å². The van der Waals surface area contributed by atoms with Crippen molar-refractivity contribution in [1.29, 1.82) is 0 Å². The van der Waals surface area contributed by atoms with E-state index < -0.39 is 7.40 Å². The molecule has 0 unspecified atom stereocenters. The normalized spacial score (nSPS) is 17.4. The molecule has 5 heteroatoms. The molecule has 1 N–H and O–H groups in total. The molecule has 0 radical (unpaired) electrons. The molecule has 1 aliphatic heterocycles. The van der Waals surface area contributed by atoms with Crippen molar-refractivity contribution in [2.24, 2.45) is 0 Å². The van der Waals surface area contributed by atoms with Gasteiger partial charge in [0, 0.05) is 29.8 Å². The third kappa shape index (κ3) is 2.87. The van der Waals surface area contributed by atoms with Gasteiger partial charge < -0.3 is 4.98 Å². The van der Waals surface area contributed by atoms with Crippen LogP contribution in [0.5, 0.6) is 0 Å². The number of nitrogens with zero attached hydrogens (tertiary/aromatic N) is 1. The maximum absolute atomic E-state index is 13.5. The van der Waals surface area contributed by atoms with Gasteiger partial charge in [0.25, 0.3) is 0 Å². The lowest BCUT2D eigenvalue weighted by atomic mass is 9.97. The summed E-state index contributed by atoms with van der Waals surface area (Å²) >= 11 is 0. The summed E-state index contributed by atoms with van der Waals surface area (Å²) in [6, 6.07) is 2.06. The summed E-state index contributed by atoms with van der Waals surface area (Å²) in [4.78, 5) is 3.34. The van der Waals surface area contributed by atoms with Crippen LogP contribution in [0.2, 0.25) is 0 Å². The number of nitrogens with one attached hydrogen (secondary N) is 1. The van der Waals surface area contributed by atoms with Gasteiger partial charge in [-0.25, -0.2) is 13.1 Å². The second kappa shape index (κ2) is 6.00. The predicted molar refractivity (Wildman–Crippen MR) is 84.8 cm³/mol. The van der Waals surface area contributed by atoms with Crippen molar-refractivity contribution in [3.63, 3.8) is 0 Å². The Morgan fingerprint density at radius 3 is 2.38 bits per heavy atom. The van der Waals surface area contributed by atoms with Crippen molar-refractivity contribution in [3.8, 4) is 0 Å². The Morgan fingerprint density at radius 1 is 1.24 bits per heavy atom. The van der Waals surface area contributed by atoms with Crippen LogP contribution in [-0.4, -0.2) is 22.6 Å². The minimum absolute atomic E-state index is 0.604. The van der Waals surface area contributed by atoms with E-state index in [4.69, 9.17) is 0 Å². The molecule has 21 heavy (non-hydrogen) atoms. The third-order valence-electron chi connectivity index (χ3n) is 3.85. The second-order valence-electron chi connectivity index (χ2n) is 5.70. The molecule has 2 rings (SSSR count). The molecule has 2 nitrogen and oxygen atoms in total. The SMILES string of the molecule is CCC/C(=C1\C(C)=CC(C)=[N+]1B(F)F)c1[nH]c(C)cc1C. The first-order valence-electron chi connectivity index (χ1n) is 7.36. The van der Waals surface area contributed by atoms with E-state index in [9.17, 15) is 8.63 Å². The Morgan fingerprint density at radius 2 is 1.90 bits per heavy atom. The summed E-state index contributed by atoms with van der Waals surface area (Å²) in [7, 11) is -2.52. The van der Waals surface area contributed by atoms with Gasteiger partial charge >= 0.3 is 7.40 Å². The van der Waals surface area contributed by atoms with Gasteiger partial charge in [-0.1, -0.05) is 13.3 Å². The Hall–Kier alpha value is -1.65. The van der Waals surface area contributed by atoms with Crippen LogP contribution in [0.15, 0.2) is 23.4 Å². The van der Waals surface area contributed by atoms with Crippen LogP contribution in [0.1, 0.15) is 50.6 Å². The summed E-state index contributed by atoms with van der Waals surface area (Å²) in [5.74, 6) is 0. The fourth-order valence-corrected chi connectivity index (χ4v) is 3.11. The Bertz CT molecular complexity index is 651. The molecule has 0 atom stereocenters. The lowest BCUT2D eigenvalue weighted by molar-refractivity contribution is -0.343. The van der Waals surface area contributed by atoms with Crippen molar-refractivity contribution in [2.45, 2.75) is 47.5 Å². The van der Waals surface area contributed by atoms with Crippen LogP contribution in [-0.2, 0) is 0 Å². The zero-order valence-corrected chi connectivity index (χ0v) is 13.3. The fraction of sp³-hybridized carbons (Fsp3) is 0.438. The molecule has 1 aliphatic rings. The van der Waals surface area contributed by atoms with Crippen molar-refractivity contribution < 1.29 is 13.1 Å². The zero-order valence-electron chi connectivity index (χ0n) is 13.3. The van der Waals surface area contributed by atoms with Crippen molar-refractivity contribution in [1.82, 2.24) is 4.98 Å². The highest BCUT2D eigenvalue weighted by Gasteiger charge is 2.44. The molecule has 0 bridgehead atoms. The van der Waals surface area contributed by atoms with Crippen LogP contribution in [0.25, 0.3) is 5.57 Å². The highest BCUT2D eigenvalue weighted by Crippen LogP contribution is 2.33. The van der Waals surface area contributed by atoms with E-state index in [1.807, 2.05) is 26.8 Å². The molecule has 0 saturated carbocycles. The average molecular weight is 291 g/mol. The predicted octanol–water partition coefficient (Wildman–Crippen LogP) is 4.50. The van der Waals surface area contributed by atoms with Crippen LogP contribution >= 0.6 is 0 Å². The van der Waals surface area contributed by atoms with Gasteiger partial charge in [0.15, 0.2) is 11.4 Å². The van der Waals surface area contributed by atoms with Crippen LogP contribution in [0.4, 0.5) is 8.63 Å². The van der Waals surface area contributed by atoms with E-state index in [-0.39, 0.29) is 0 Å². The number of aryl methyl sites for hydroxylation is 2. The highest BCUT2D eigenvalue weighted by atomic mass is 19.2. The van der Waals surface area contributed by atoms with Crippen LogP contribution < -0.4 is 0 Å². The number of halogens is 2. The first-order chi connectivity index (χ1) is 9.86. The molecule has 2 heterocycles. The maximum Gasteiger partial charge on any atom is 0.934 e. The van der Waals surface area contributed by atoms with Gasteiger partial charge in [0.05, 0.1) is 5.69 Å². The van der Waals surface area contributed by atoms with Gasteiger partial charge in [-0.05, 0) is 38.8 Å². The number of H-pyrrole nitrogens is 1. The van der Waals surface area contributed by atoms with Crippen molar-refractivity contribution in [3.05, 3.63) is 40.4 Å². The van der Waals surface area contributed by atoms with Gasteiger partial charge in [-0.2, -0.15) is 0 Å². The largest absolute Gasteiger partial charge is 0.934 e. The first-order valence-corrected chi connectivity index (χ1v) is 7.36. The van der Waals surface area contributed by atoms with Gasteiger partial charge in [0.2, 0.25) is 0 Å². The molecule has 0 aromatic carbocycles. The second-order valence-corrected chi connectivity index (χ2v) is 5.70. The Labute approximate surface area is 125 Å². The molecule has 0 saturated heterocycles. The number of aromatic nitrogens is 1. The summed E-state index contributed by atoms with van der Waals surface area (Å²) in [6.07, 6.45) is 3.53. The highest BCUT2D eigenvalue weighted by molar-refractivity contribution is 6.35. The topological polar surface area (TPSA) is 18.8 Å². The quantitative estimate of drug-likeness (QED) is 0.788. The zero-order chi connectivity index (χ0) is 15.7. The van der Waals surface area contributed by atoms with Gasteiger partial charge in [-0.3, -0.25) is 0 Å². The monoisotopic (exact) mass is 291 g/mol. The Balaban J connectivity index is 2.70. The molecular weight excluding hydrogens is 269 g/mol. The summed E-state index contributed by atoms with van der Waals surface area (Å²) in [6.45, 7) is 9.72. The molecule has 0 amide bonds. The summed E-state index contributed by atoms with van der Waals surface area (Å²) in [5.41, 5.74) is 6.30. The maximum atomic E-state index is 13.5. The third-order valence-corrected chi connectivity index (χ3v) is 3.85. The van der Waals surface area contributed by atoms with E-state index in [1.165, 1.54) is 0 Å². The number of allylic oxidation sites excluding steroid dienone is 3. The molecule has 112 valence electrons. The minimum atomic E-state index is -2.52. The smallest absolute Gasteiger partial charge is 0.359 e. The molecule has 1 aromatic rings. The molecule has 1 aromatic heterocycles. The van der Waals surface area contributed by atoms with Gasteiger partial charge in [-0.15, -0.1) is 0 Å². The first kappa shape index (κ1) is 15.7. The summed E-state index contributed by atoms with van der Waals surface area (Å²) in [5, 5.41) is 0. The molecule has 0 aliphatic carbocycles. The molecular formula is C16H22BF2N2+. The molecule has 0 fully saturated rings. The molecule has 0 spiro atoms. The van der Waals surface area contributed by atoms with Crippen molar-refractivity contribution >= 4 is 18.7 Å². The minimum Gasteiger partial charge on any atom is -0.359 e. The van der Waals surface area contributed by atoms with E-state index in [1.54, 1.807) is 6.92 Å². The number of hydrogen-bond donors (Lipinski definition) is 1. The van der Waals surface area contributed by atoms with E-state index in [2.05, 4.69) is 18.0 Å². The standard InChI is InChI=1S/C16H21BF2N2/c1-6-7-14(15-10(2)8-12(4)20-15)16-11(3)9-13(5)21(16)17(18)19/h8-9H,6-7H2,1-5H3/p+1. The lowest BCUT2D eigenvalue weighted by Gasteiger charge is -2.10. The average Bonchev–Trinajstić information content (AvgIpc) is 2.85. The number of aromatic amines is 1. The van der Waals surface area contributed by atoms with Crippen LogP contribution in [0, 0.1) is 13.8 Å². The van der Waals surface area contributed by atoms with E-state index in [0.29, 0.717) is 11.4 Å². The number of rotatable bonds is 4. The van der Waals surface area contributed by atoms with Gasteiger partial charge in [0.1, 0.15) is 0 Å². The van der Waals surface area contributed by atoms with Crippen molar-refractivity contribution in [2.75, 3.05) is 0 Å². The van der Waals surface area contributed by atoms with Crippen LogP contribution in [0.3, 0.4) is 0 Å². The summed E-state index contributed by atoms with van der Waals surface area (Å²) < 4.78 is 28.1. The fourth-order valence-electron chi connectivity index (χ4n) is 3.11. The lowest BCUT2D eigenvalue weighted by Crippen LogP contribution is -2.25.